The molecule has 4 aromatic rings. The number of carbonyl (C=O) groups excluding carboxylic acids is 2. The van der Waals surface area contributed by atoms with E-state index in [1.807, 2.05) is 72.8 Å². The standard InChI is InChI=1S/C28H19Cl2NO3S/c29-24-13-10-19(14-25(24)30)17-34-22-11-8-18(9-12-22)15-26-27(32)31(28(33)35-26)16-21-6-3-5-20-4-1-2-7-23(20)21/h1-15H,16-17H2/b26-15+. The molecule has 1 heterocycles. The van der Waals surface area contributed by atoms with E-state index >= 15 is 0 Å². The quantitative estimate of drug-likeness (QED) is 0.242. The molecule has 0 bridgehead atoms. The van der Waals surface area contributed by atoms with Gasteiger partial charge in [0.15, 0.2) is 0 Å². The van der Waals surface area contributed by atoms with E-state index in [4.69, 9.17) is 27.9 Å². The summed E-state index contributed by atoms with van der Waals surface area (Å²) in [6.45, 7) is 0.591. The van der Waals surface area contributed by atoms with Gasteiger partial charge in [-0.2, -0.15) is 0 Å². The molecule has 0 aliphatic carbocycles. The summed E-state index contributed by atoms with van der Waals surface area (Å²) in [5.74, 6) is 0.394. The number of thioether (sulfide) groups is 1. The van der Waals surface area contributed by atoms with E-state index in [0.717, 1.165) is 39.2 Å². The van der Waals surface area contributed by atoms with E-state index in [1.54, 1.807) is 18.2 Å². The van der Waals surface area contributed by atoms with Gasteiger partial charge in [0.2, 0.25) is 0 Å². The Kier molecular flexibility index (Phi) is 6.82. The van der Waals surface area contributed by atoms with Crippen molar-refractivity contribution in [3.8, 4) is 5.75 Å². The number of ether oxygens (including phenoxy) is 1. The lowest BCUT2D eigenvalue weighted by Gasteiger charge is -2.14. The molecular formula is C28H19Cl2NO3S. The zero-order valence-corrected chi connectivity index (χ0v) is 20.7. The van der Waals surface area contributed by atoms with Crippen LogP contribution in [0.15, 0.2) is 89.8 Å². The van der Waals surface area contributed by atoms with Gasteiger partial charge in [-0.1, -0.05) is 83.9 Å². The first-order chi connectivity index (χ1) is 17.0. The minimum atomic E-state index is -0.284. The monoisotopic (exact) mass is 519 g/mol. The Bertz CT molecular complexity index is 1460. The number of fused-ring (bicyclic) bond motifs is 1. The van der Waals surface area contributed by atoms with Crippen LogP contribution in [0.4, 0.5) is 4.79 Å². The molecule has 7 heteroatoms. The molecule has 174 valence electrons. The minimum Gasteiger partial charge on any atom is -0.489 e. The van der Waals surface area contributed by atoms with Crippen LogP contribution in [0.5, 0.6) is 5.75 Å². The van der Waals surface area contributed by atoms with Gasteiger partial charge in [0.1, 0.15) is 12.4 Å². The third kappa shape index (κ3) is 5.22. The Balaban J connectivity index is 1.27. The second-order valence-electron chi connectivity index (χ2n) is 8.01. The maximum atomic E-state index is 13.0. The lowest BCUT2D eigenvalue weighted by Crippen LogP contribution is -2.27. The number of nitrogens with zero attached hydrogens (tertiary/aromatic N) is 1. The molecule has 0 N–H and O–H groups in total. The van der Waals surface area contributed by atoms with E-state index in [1.165, 1.54) is 4.90 Å². The van der Waals surface area contributed by atoms with Crippen molar-refractivity contribution in [3.63, 3.8) is 0 Å². The van der Waals surface area contributed by atoms with E-state index < -0.39 is 0 Å². The number of amides is 2. The van der Waals surface area contributed by atoms with Crippen molar-refractivity contribution in [1.29, 1.82) is 0 Å². The number of rotatable bonds is 6. The molecule has 4 nitrogen and oxygen atoms in total. The van der Waals surface area contributed by atoms with E-state index in [2.05, 4.69) is 0 Å². The number of hydrogen-bond acceptors (Lipinski definition) is 4. The van der Waals surface area contributed by atoms with Crippen LogP contribution in [0.3, 0.4) is 0 Å². The fourth-order valence-electron chi connectivity index (χ4n) is 3.84. The van der Waals surface area contributed by atoms with Gasteiger partial charge in [0.25, 0.3) is 11.1 Å². The van der Waals surface area contributed by atoms with Gasteiger partial charge < -0.3 is 4.74 Å². The highest BCUT2D eigenvalue weighted by Crippen LogP contribution is 2.34. The van der Waals surface area contributed by atoms with Crippen LogP contribution in [0, 0.1) is 0 Å². The Labute approximate surface area is 217 Å². The predicted molar refractivity (Wildman–Crippen MR) is 143 cm³/mol. The number of imide groups is 1. The average molecular weight is 520 g/mol. The third-order valence-electron chi connectivity index (χ3n) is 5.65. The molecule has 0 aromatic heterocycles. The number of hydrogen-bond donors (Lipinski definition) is 0. The highest BCUT2D eigenvalue weighted by Gasteiger charge is 2.35. The lowest BCUT2D eigenvalue weighted by atomic mass is 10.0. The van der Waals surface area contributed by atoms with Crippen molar-refractivity contribution < 1.29 is 14.3 Å². The van der Waals surface area contributed by atoms with Crippen molar-refractivity contribution in [2.75, 3.05) is 0 Å². The van der Waals surface area contributed by atoms with Crippen LogP contribution < -0.4 is 4.74 Å². The molecule has 0 radical (unpaired) electrons. The predicted octanol–water partition coefficient (Wildman–Crippen LogP) is 7.96. The maximum absolute atomic E-state index is 13.0. The molecule has 0 spiro atoms. The van der Waals surface area contributed by atoms with Gasteiger partial charge in [-0.05, 0) is 69.6 Å². The molecule has 0 atom stereocenters. The van der Waals surface area contributed by atoms with Crippen molar-refractivity contribution in [1.82, 2.24) is 4.90 Å². The Morgan fingerprint density at radius 1 is 0.857 bits per heavy atom. The molecule has 5 rings (SSSR count). The van der Waals surface area contributed by atoms with Crippen LogP contribution in [-0.4, -0.2) is 16.0 Å². The zero-order chi connectivity index (χ0) is 24.4. The number of carbonyl (C=O) groups is 2. The Morgan fingerprint density at radius 3 is 2.43 bits per heavy atom. The largest absolute Gasteiger partial charge is 0.489 e. The first kappa shape index (κ1) is 23.5. The Morgan fingerprint density at radius 2 is 1.63 bits per heavy atom. The normalized spacial score (nSPS) is 14.8. The molecule has 0 saturated carbocycles. The van der Waals surface area contributed by atoms with Gasteiger partial charge in [0.05, 0.1) is 21.5 Å². The van der Waals surface area contributed by atoms with Gasteiger partial charge >= 0.3 is 0 Å². The summed E-state index contributed by atoms with van der Waals surface area (Å²) in [4.78, 5) is 27.3. The van der Waals surface area contributed by atoms with Gasteiger partial charge in [-0.25, -0.2) is 0 Å². The van der Waals surface area contributed by atoms with Crippen molar-refractivity contribution in [2.45, 2.75) is 13.2 Å². The lowest BCUT2D eigenvalue weighted by molar-refractivity contribution is -0.123. The van der Waals surface area contributed by atoms with Gasteiger partial charge in [-0.3, -0.25) is 14.5 Å². The first-order valence-electron chi connectivity index (χ1n) is 10.9. The summed E-state index contributed by atoms with van der Waals surface area (Å²) < 4.78 is 5.81. The molecule has 2 amide bonds. The number of halogens is 2. The third-order valence-corrected chi connectivity index (χ3v) is 7.30. The van der Waals surface area contributed by atoms with Crippen LogP contribution >= 0.6 is 35.0 Å². The fourth-order valence-corrected chi connectivity index (χ4v) is 5.00. The van der Waals surface area contributed by atoms with Crippen LogP contribution in [0.2, 0.25) is 10.0 Å². The molecule has 1 aliphatic rings. The molecule has 1 aliphatic heterocycles. The van der Waals surface area contributed by atoms with Crippen LogP contribution in [-0.2, 0) is 17.9 Å². The highest BCUT2D eigenvalue weighted by molar-refractivity contribution is 8.18. The minimum absolute atomic E-state index is 0.241. The zero-order valence-electron chi connectivity index (χ0n) is 18.4. The van der Waals surface area contributed by atoms with E-state index in [0.29, 0.717) is 27.3 Å². The molecule has 4 aromatic carbocycles. The first-order valence-corrected chi connectivity index (χ1v) is 12.4. The number of benzene rings is 4. The second kappa shape index (κ2) is 10.2. The molecule has 35 heavy (non-hydrogen) atoms. The highest BCUT2D eigenvalue weighted by atomic mass is 35.5. The van der Waals surface area contributed by atoms with Crippen molar-refractivity contribution in [2.24, 2.45) is 0 Å². The van der Waals surface area contributed by atoms with Crippen molar-refractivity contribution >= 4 is 63.0 Å². The fraction of sp³-hybridized carbons (Fsp3) is 0.0714. The van der Waals surface area contributed by atoms with Crippen LogP contribution in [0.1, 0.15) is 16.7 Å². The Hall–Kier alpha value is -3.25. The van der Waals surface area contributed by atoms with Crippen LogP contribution in [0.25, 0.3) is 16.8 Å². The SMILES string of the molecule is O=C1S/C(=C/c2ccc(OCc3ccc(Cl)c(Cl)c3)cc2)C(=O)N1Cc1cccc2ccccc12. The van der Waals surface area contributed by atoms with Crippen molar-refractivity contribution in [3.05, 3.63) is 117 Å². The maximum Gasteiger partial charge on any atom is 0.293 e. The summed E-state index contributed by atoms with van der Waals surface area (Å²) in [7, 11) is 0. The summed E-state index contributed by atoms with van der Waals surface area (Å²) in [6.07, 6.45) is 1.73. The smallest absolute Gasteiger partial charge is 0.293 e. The summed E-state index contributed by atoms with van der Waals surface area (Å²) in [6, 6.07) is 26.6. The summed E-state index contributed by atoms with van der Waals surface area (Å²) in [5.41, 5.74) is 2.65. The summed E-state index contributed by atoms with van der Waals surface area (Å²) in [5, 5.41) is 2.83. The van der Waals surface area contributed by atoms with Gasteiger partial charge in [0, 0.05) is 0 Å². The van der Waals surface area contributed by atoms with Gasteiger partial charge in [-0.15, -0.1) is 0 Å². The molecule has 1 saturated heterocycles. The molecular weight excluding hydrogens is 501 g/mol. The van der Waals surface area contributed by atoms with E-state index in [9.17, 15) is 9.59 Å². The second-order valence-corrected chi connectivity index (χ2v) is 9.82. The average Bonchev–Trinajstić information content (AvgIpc) is 3.13. The van der Waals surface area contributed by atoms with E-state index in [-0.39, 0.29) is 17.7 Å². The summed E-state index contributed by atoms with van der Waals surface area (Å²) >= 11 is 13.0. The topological polar surface area (TPSA) is 46.6 Å². The molecule has 0 unspecified atom stereocenters. The molecule has 1 fully saturated rings.